The van der Waals surface area contributed by atoms with Crippen molar-refractivity contribution < 1.29 is 31.8 Å². The van der Waals surface area contributed by atoms with Crippen LogP contribution in [0.15, 0.2) is 17.7 Å². The zero-order valence-electron chi connectivity index (χ0n) is 16.6. The monoisotopic (exact) mass is 427 g/mol. The molecule has 0 N–H and O–H groups in total. The molecule has 0 saturated heterocycles. The Morgan fingerprint density at radius 3 is 2.21 bits per heavy atom. The van der Waals surface area contributed by atoms with Gasteiger partial charge in [0.1, 0.15) is 6.07 Å². The van der Waals surface area contributed by atoms with E-state index in [1.54, 1.807) is 19.9 Å². The zero-order valence-corrected chi connectivity index (χ0v) is 17.4. The van der Waals surface area contributed by atoms with Crippen LogP contribution in [0.5, 0.6) is 11.5 Å². The highest BCUT2D eigenvalue weighted by atomic mass is 32.2. The molecule has 0 aliphatic carbocycles. The average molecular weight is 427 g/mol. The van der Waals surface area contributed by atoms with Gasteiger partial charge < -0.3 is 18.6 Å². The standard InChI is InChI=1S/C17H21N3O8S/c1-6-19(7-2)17(21)12(10-18)15(28-29(5,24)25)11-8-13(20(22)23)16(27-4)14(9-11)26-3/h8-9H,6-7H2,1-5H3/b15-12-. The third kappa shape index (κ3) is 5.58. The molecule has 0 saturated carbocycles. The molecular weight excluding hydrogens is 406 g/mol. The predicted molar refractivity (Wildman–Crippen MR) is 103 cm³/mol. The number of ether oxygens (including phenoxy) is 2. The van der Waals surface area contributed by atoms with E-state index in [0.717, 1.165) is 12.3 Å². The van der Waals surface area contributed by atoms with Crippen molar-refractivity contribution in [2.75, 3.05) is 33.6 Å². The van der Waals surface area contributed by atoms with E-state index in [0.29, 0.717) is 0 Å². The summed E-state index contributed by atoms with van der Waals surface area (Å²) in [5.41, 5.74) is -1.40. The lowest BCUT2D eigenvalue weighted by Gasteiger charge is -2.20. The van der Waals surface area contributed by atoms with E-state index in [9.17, 15) is 28.6 Å². The van der Waals surface area contributed by atoms with Crippen LogP contribution in [-0.4, -0.2) is 57.7 Å². The second kappa shape index (κ2) is 9.74. The Balaban J connectivity index is 3.95. The molecule has 0 spiro atoms. The summed E-state index contributed by atoms with van der Waals surface area (Å²) in [6.07, 6.45) is 0.721. The minimum absolute atomic E-state index is 0.112. The molecule has 0 bridgehead atoms. The third-order valence-electron chi connectivity index (χ3n) is 3.76. The lowest BCUT2D eigenvalue weighted by Crippen LogP contribution is -2.32. The highest BCUT2D eigenvalue weighted by Gasteiger charge is 2.29. The largest absolute Gasteiger partial charge is 0.493 e. The van der Waals surface area contributed by atoms with Gasteiger partial charge in [0.25, 0.3) is 5.91 Å². The maximum Gasteiger partial charge on any atom is 0.315 e. The molecule has 0 aromatic heterocycles. The van der Waals surface area contributed by atoms with Crippen LogP contribution in [0.2, 0.25) is 0 Å². The number of nitro benzene ring substituents is 1. The van der Waals surface area contributed by atoms with Crippen LogP contribution in [-0.2, 0) is 19.1 Å². The Labute approximate surface area is 168 Å². The molecular formula is C17H21N3O8S. The predicted octanol–water partition coefficient (Wildman–Crippen LogP) is 1.69. The summed E-state index contributed by atoms with van der Waals surface area (Å²) in [6, 6.07) is 3.76. The highest BCUT2D eigenvalue weighted by molar-refractivity contribution is 7.86. The van der Waals surface area contributed by atoms with Gasteiger partial charge in [0.15, 0.2) is 17.1 Å². The molecule has 158 valence electrons. The molecule has 1 amide bonds. The Morgan fingerprint density at radius 2 is 1.83 bits per heavy atom. The van der Waals surface area contributed by atoms with E-state index in [2.05, 4.69) is 0 Å². The molecule has 0 fully saturated rings. The molecule has 0 unspecified atom stereocenters. The molecule has 0 heterocycles. The second-order valence-electron chi connectivity index (χ2n) is 5.57. The number of nitro groups is 1. The van der Waals surface area contributed by atoms with Crippen LogP contribution in [0.25, 0.3) is 5.76 Å². The topological polar surface area (TPSA) is 149 Å². The summed E-state index contributed by atoms with van der Waals surface area (Å²) in [6.45, 7) is 3.85. The average Bonchev–Trinajstić information content (AvgIpc) is 2.66. The summed E-state index contributed by atoms with van der Waals surface area (Å²) >= 11 is 0. The van der Waals surface area contributed by atoms with Crippen molar-refractivity contribution >= 4 is 27.5 Å². The van der Waals surface area contributed by atoms with Crippen molar-refractivity contribution in [3.8, 4) is 17.6 Å². The number of benzene rings is 1. The normalized spacial score (nSPS) is 11.7. The smallest absolute Gasteiger partial charge is 0.315 e. The first-order valence-corrected chi connectivity index (χ1v) is 10.1. The third-order valence-corrected chi connectivity index (χ3v) is 4.23. The zero-order chi connectivity index (χ0) is 22.4. The number of carbonyl (C=O) groups excluding carboxylic acids is 1. The number of amides is 1. The van der Waals surface area contributed by atoms with Crippen molar-refractivity contribution in [2.24, 2.45) is 0 Å². The minimum Gasteiger partial charge on any atom is -0.493 e. The minimum atomic E-state index is -4.19. The lowest BCUT2D eigenvalue weighted by molar-refractivity contribution is -0.385. The maximum absolute atomic E-state index is 12.7. The van der Waals surface area contributed by atoms with Gasteiger partial charge in [0, 0.05) is 24.7 Å². The molecule has 0 radical (unpaired) electrons. The Morgan fingerprint density at radius 1 is 1.24 bits per heavy atom. The number of likely N-dealkylation sites (N-methyl/N-ethyl adjacent to an activating group) is 1. The number of hydrogen-bond acceptors (Lipinski definition) is 9. The lowest BCUT2D eigenvalue weighted by atomic mass is 10.1. The van der Waals surface area contributed by atoms with Crippen molar-refractivity contribution in [3.05, 3.63) is 33.4 Å². The number of rotatable bonds is 9. The summed E-state index contributed by atoms with van der Waals surface area (Å²) in [5, 5.41) is 21.0. The van der Waals surface area contributed by atoms with Gasteiger partial charge in [-0.1, -0.05) is 0 Å². The van der Waals surface area contributed by atoms with E-state index in [-0.39, 0.29) is 30.2 Å². The number of carbonyl (C=O) groups is 1. The van der Waals surface area contributed by atoms with Crippen molar-refractivity contribution in [1.82, 2.24) is 4.90 Å². The van der Waals surface area contributed by atoms with Crippen molar-refractivity contribution in [2.45, 2.75) is 13.8 Å². The van der Waals surface area contributed by atoms with Crippen LogP contribution in [0.1, 0.15) is 19.4 Å². The first-order chi connectivity index (χ1) is 13.5. The number of methoxy groups -OCH3 is 2. The van der Waals surface area contributed by atoms with Gasteiger partial charge in [-0.25, -0.2) is 0 Å². The molecule has 12 heteroatoms. The van der Waals surface area contributed by atoms with Crippen LogP contribution in [0.4, 0.5) is 5.69 Å². The molecule has 11 nitrogen and oxygen atoms in total. The van der Waals surface area contributed by atoms with Gasteiger partial charge in [-0.05, 0) is 19.9 Å². The molecule has 29 heavy (non-hydrogen) atoms. The second-order valence-corrected chi connectivity index (χ2v) is 7.14. The summed E-state index contributed by atoms with van der Waals surface area (Å²) in [4.78, 5) is 24.7. The molecule has 0 atom stereocenters. The molecule has 0 aliphatic heterocycles. The van der Waals surface area contributed by atoms with E-state index >= 15 is 0 Å². The quantitative estimate of drug-likeness (QED) is 0.143. The van der Waals surface area contributed by atoms with Crippen molar-refractivity contribution in [3.63, 3.8) is 0 Å². The number of nitrogens with zero attached hydrogens (tertiary/aromatic N) is 3. The van der Waals surface area contributed by atoms with Crippen LogP contribution in [0.3, 0.4) is 0 Å². The summed E-state index contributed by atoms with van der Waals surface area (Å²) in [7, 11) is -1.78. The van der Waals surface area contributed by atoms with E-state index in [1.165, 1.54) is 25.2 Å². The SMILES string of the molecule is CCN(CC)C(=O)/C(C#N)=C(\OS(C)(=O)=O)c1cc(OC)c(OC)c([N+](=O)[O-])c1. The van der Waals surface area contributed by atoms with Gasteiger partial charge >= 0.3 is 15.8 Å². The van der Waals surface area contributed by atoms with E-state index in [4.69, 9.17) is 13.7 Å². The number of hydrogen-bond donors (Lipinski definition) is 0. The van der Waals surface area contributed by atoms with Crippen LogP contribution >= 0.6 is 0 Å². The fourth-order valence-corrected chi connectivity index (χ4v) is 2.94. The van der Waals surface area contributed by atoms with Gasteiger partial charge in [-0.3, -0.25) is 14.9 Å². The van der Waals surface area contributed by atoms with Crippen LogP contribution < -0.4 is 9.47 Å². The number of nitriles is 1. The van der Waals surface area contributed by atoms with E-state index in [1.807, 2.05) is 0 Å². The van der Waals surface area contributed by atoms with Crippen molar-refractivity contribution in [1.29, 1.82) is 5.26 Å². The summed E-state index contributed by atoms with van der Waals surface area (Å²) in [5.74, 6) is -1.75. The molecule has 1 rings (SSSR count). The first-order valence-electron chi connectivity index (χ1n) is 8.28. The fraction of sp³-hybridized carbons (Fsp3) is 0.412. The molecule has 1 aromatic rings. The highest BCUT2D eigenvalue weighted by Crippen LogP contribution is 2.40. The molecule has 0 aliphatic rings. The molecule has 1 aromatic carbocycles. The Hall–Kier alpha value is -3.33. The maximum atomic E-state index is 12.7. The fourth-order valence-electron chi connectivity index (χ4n) is 2.46. The van der Waals surface area contributed by atoms with Gasteiger partial charge in [-0.15, -0.1) is 0 Å². The van der Waals surface area contributed by atoms with E-state index < -0.39 is 38.0 Å². The Bertz CT molecular complexity index is 975. The van der Waals surface area contributed by atoms with Gasteiger partial charge in [0.05, 0.1) is 25.4 Å². The summed E-state index contributed by atoms with van der Waals surface area (Å²) < 4.78 is 38.5. The Kier molecular flexibility index (Phi) is 7.96. The van der Waals surface area contributed by atoms with Gasteiger partial charge in [-0.2, -0.15) is 13.7 Å². The van der Waals surface area contributed by atoms with Gasteiger partial charge in [0.2, 0.25) is 5.75 Å². The van der Waals surface area contributed by atoms with Crippen LogP contribution in [0, 0.1) is 21.4 Å². The first kappa shape index (κ1) is 23.7.